The molecule has 0 aliphatic rings. The van der Waals surface area contributed by atoms with Crippen LogP contribution < -0.4 is 15.8 Å². The van der Waals surface area contributed by atoms with E-state index in [2.05, 4.69) is 75.9 Å². The number of nitrogens with two attached hydrogens (primary N) is 1. The summed E-state index contributed by atoms with van der Waals surface area (Å²) in [7, 11) is 1.72. The highest BCUT2D eigenvalue weighted by Crippen LogP contribution is 2.34. The molecule has 0 radical (unpaired) electrons. The first kappa shape index (κ1) is 26.7. The van der Waals surface area contributed by atoms with E-state index in [1.54, 1.807) is 7.11 Å². The van der Waals surface area contributed by atoms with Crippen LogP contribution in [0.1, 0.15) is 51.2 Å². The Morgan fingerprint density at radius 3 is 2.57 bits per heavy atom. The second-order valence-electron chi connectivity index (χ2n) is 9.48. The van der Waals surface area contributed by atoms with E-state index in [0.29, 0.717) is 18.8 Å². The van der Waals surface area contributed by atoms with Crippen LogP contribution in [0, 0.1) is 0 Å². The second-order valence-corrected chi connectivity index (χ2v) is 9.48. The first-order valence-corrected chi connectivity index (χ1v) is 13.3. The fourth-order valence-corrected chi connectivity index (χ4v) is 5.13. The van der Waals surface area contributed by atoms with Crippen LogP contribution in [-0.2, 0) is 13.1 Å². The van der Waals surface area contributed by atoms with Gasteiger partial charge in [-0.3, -0.25) is 4.90 Å². The summed E-state index contributed by atoms with van der Waals surface area (Å²) in [6, 6.07) is 14.8. The van der Waals surface area contributed by atoms with Crippen molar-refractivity contribution in [2.45, 2.75) is 59.2 Å². The Bertz CT molecular complexity index is 1330. The summed E-state index contributed by atoms with van der Waals surface area (Å²) in [6.07, 6.45) is 2.56. The van der Waals surface area contributed by atoms with Crippen LogP contribution in [0.5, 0.6) is 5.75 Å². The molecule has 2 aromatic carbocycles. The molecule has 8 heteroatoms. The molecule has 0 bridgehead atoms. The van der Waals surface area contributed by atoms with E-state index < -0.39 is 0 Å². The van der Waals surface area contributed by atoms with Crippen LogP contribution in [0.25, 0.3) is 21.9 Å². The van der Waals surface area contributed by atoms with Crippen LogP contribution in [0.15, 0.2) is 42.5 Å². The van der Waals surface area contributed by atoms with E-state index in [1.807, 2.05) is 12.1 Å². The Hall–Kier alpha value is -3.36. The van der Waals surface area contributed by atoms with E-state index in [-0.39, 0.29) is 18.6 Å². The SMILES string of the molecule is CCC[C@@H](CCO)Nc1nc(N)nc2c3ccccc3n(Cc3cc(CN(CC)CC)ccc3OC)c12. The lowest BCUT2D eigenvalue weighted by atomic mass is 10.1. The number of hydrogen-bond acceptors (Lipinski definition) is 7. The number of hydrogen-bond donors (Lipinski definition) is 3. The number of nitrogens with zero attached hydrogens (tertiary/aromatic N) is 4. The van der Waals surface area contributed by atoms with Crippen molar-refractivity contribution in [1.82, 2.24) is 19.4 Å². The highest BCUT2D eigenvalue weighted by Gasteiger charge is 2.21. The number of anilines is 2. The van der Waals surface area contributed by atoms with Crippen LogP contribution in [-0.4, -0.2) is 57.4 Å². The molecule has 8 nitrogen and oxygen atoms in total. The lowest BCUT2D eigenvalue weighted by molar-refractivity contribution is 0.276. The second kappa shape index (κ2) is 12.3. The van der Waals surface area contributed by atoms with Crippen molar-refractivity contribution in [3.63, 3.8) is 0 Å². The van der Waals surface area contributed by atoms with Crippen LogP contribution in [0.3, 0.4) is 0 Å². The predicted octanol–water partition coefficient (Wildman–Crippen LogP) is 5.03. The standard InChI is InChI=1S/C29H40N6O2/c1-5-10-22(15-16-36)31-28-27-26(32-29(30)33-28)23-11-8-9-12-24(23)35(27)19-21-17-20(13-14-25(21)37-4)18-34(6-2)7-3/h8-9,11-14,17,22,36H,5-7,10,15-16,18-19H2,1-4H3,(H3,30,31,32,33)/t22-/m0/s1. The van der Waals surface area contributed by atoms with Crippen LogP contribution >= 0.6 is 0 Å². The molecule has 2 aromatic heterocycles. The number of aliphatic hydroxyl groups is 1. The van der Waals surface area contributed by atoms with Crippen molar-refractivity contribution in [2.24, 2.45) is 0 Å². The Morgan fingerprint density at radius 2 is 1.86 bits per heavy atom. The zero-order valence-corrected chi connectivity index (χ0v) is 22.5. The maximum absolute atomic E-state index is 9.63. The van der Waals surface area contributed by atoms with Crippen molar-refractivity contribution in [3.05, 3.63) is 53.6 Å². The molecule has 2 heterocycles. The van der Waals surface area contributed by atoms with Gasteiger partial charge in [-0.05, 0) is 49.7 Å². The first-order valence-electron chi connectivity index (χ1n) is 13.3. The third kappa shape index (κ3) is 5.81. The minimum atomic E-state index is 0.0888. The zero-order chi connectivity index (χ0) is 26.4. The normalized spacial score (nSPS) is 12.5. The summed E-state index contributed by atoms with van der Waals surface area (Å²) < 4.78 is 8.04. The summed E-state index contributed by atoms with van der Waals surface area (Å²) >= 11 is 0. The Labute approximate surface area is 219 Å². The smallest absolute Gasteiger partial charge is 0.222 e. The number of aromatic nitrogens is 3. The van der Waals surface area contributed by atoms with E-state index >= 15 is 0 Å². The summed E-state index contributed by atoms with van der Waals surface area (Å²) in [5.41, 5.74) is 11.3. The van der Waals surface area contributed by atoms with E-state index in [0.717, 1.165) is 65.7 Å². The van der Waals surface area contributed by atoms with Crippen LogP contribution in [0.4, 0.5) is 11.8 Å². The maximum atomic E-state index is 9.63. The van der Waals surface area contributed by atoms with Gasteiger partial charge in [0.2, 0.25) is 5.95 Å². The summed E-state index contributed by atoms with van der Waals surface area (Å²) in [5.74, 6) is 1.78. The van der Waals surface area contributed by atoms with Gasteiger partial charge in [0.15, 0.2) is 5.82 Å². The number of benzene rings is 2. The largest absolute Gasteiger partial charge is 0.496 e. The molecule has 0 fully saturated rings. The molecular formula is C29H40N6O2. The summed E-state index contributed by atoms with van der Waals surface area (Å²) in [6.45, 7) is 10.1. The van der Waals surface area contributed by atoms with Crippen molar-refractivity contribution >= 4 is 33.7 Å². The van der Waals surface area contributed by atoms with Gasteiger partial charge in [0.25, 0.3) is 0 Å². The van der Waals surface area contributed by atoms with E-state index in [9.17, 15) is 5.11 Å². The number of nitrogen functional groups attached to an aromatic ring is 1. The number of fused-ring (bicyclic) bond motifs is 3. The number of rotatable bonds is 13. The topological polar surface area (TPSA) is 101 Å². The lowest BCUT2D eigenvalue weighted by Crippen LogP contribution is -2.22. The molecule has 0 aliphatic heterocycles. The number of aliphatic hydroxyl groups excluding tert-OH is 1. The lowest BCUT2D eigenvalue weighted by Gasteiger charge is -2.21. The fourth-order valence-electron chi connectivity index (χ4n) is 5.13. The van der Waals surface area contributed by atoms with Gasteiger partial charge < -0.3 is 25.5 Å². The highest BCUT2D eigenvalue weighted by molar-refractivity contribution is 6.09. The number of para-hydroxylation sites is 1. The molecule has 198 valence electrons. The quantitative estimate of drug-likeness (QED) is 0.235. The van der Waals surface area contributed by atoms with Crippen LogP contribution in [0.2, 0.25) is 0 Å². The molecule has 1 atom stereocenters. The maximum Gasteiger partial charge on any atom is 0.222 e. The van der Waals surface area contributed by atoms with Crippen molar-refractivity contribution in [3.8, 4) is 5.75 Å². The molecule has 0 aliphatic carbocycles. The Balaban J connectivity index is 1.87. The number of methoxy groups -OCH3 is 1. The Morgan fingerprint density at radius 1 is 1.08 bits per heavy atom. The molecule has 0 unspecified atom stereocenters. The van der Waals surface area contributed by atoms with Gasteiger partial charge in [-0.2, -0.15) is 4.98 Å². The molecule has 0 amide bonds. The molecule has 4 aromatic rings. The third-order valence-electron chi connectivity index (χ3n) is 7.05. The molecule has 4 N–H and O–H groups in total. The third-order valence-corrected chi connectivity index (χ3v) is 7.05. The predicted molar refractivity (Wildman–Crippen MR) is 152 cm³/mol. The van der Waals surface area contributed by atoms with Gasteiger partial charge in [-0.15, -0.1) is 0 Å². The molecule has 4 rings (SSSR count). The molecular weight excluding hydrogens is 464 g/mol. The summed E-state index contributed by atoms with van der Waals surface area (Å²) in [5, 5.41) is 14.2. The van der Waals surface area contributed by atoms with E-state index in [1.165, 1.54) is 5.56 Å². The van der Waals surface area contributed by atoms with E-state index in [4.69, 9.17) is 10.5 Å². The van der Waals surface area contributed by atoms with Gasteiger partial charge in [-0.1, -0.05) is 51.5 Å². The molecule has 37 heavy (non-hydrogen) atoms. The number of nitrogens with one attached hydrogen (secondary N) is 1. The van der Waals surface area contributed by atoms with Gasteiger partial charge in [0.1, 0.15) is 16.8 Å². The number of ether oxygens (including phenoxy) is 1. The highest BCUT2D eigenvalue weighted by atomic mass is 16.5. The first-order chi connectivity index (χ1) is 18.0. The van der Waals surface area contributed by atoms with Crippen molar-refractivity contribution in [1.29, 1.82) is 0 Å². The van der Waals surface area contributed by atoms with Gasteiger partial charge in [0, 0.05) is 30.1 Å². The zero-order valence-electron chi connectivity index (χ0n) is 22.5. The average Bonchev–Trinajstić information content (AvgIpc) is 3.21. The minimum Gasteiger partial charge on any atom is -0.496 e. The van der Waals surface area contributed by atoms with Gasteiger partial charge in [0.05, 0.1) is 19.2 Å². The average molecular weight is 505 g/mol. The fraction of sp³-hybridized carbons (Fsp3) is 0.448. The Kier molecular flexibility index (Phi) is 8.84. The molecule has 0 spiro atoms. The summed E-state index contributed by atoms with van der Waals surface area (Å²) in [4.78, 5) is 11.7. The minimum absolute atomic E-state index is 0.0888. The monoisotopic (exact) mass is 504 g/mol. The van der Waals surface area contributed by atoms with Crippen molar-refractivity contribution < 1.29 is 9.84 Å². The van der Waals surface area contributed by atoms with Crippen molar-refractivity contribution in [2.75, 3.05) is 37.9 Å². The molecule has 0 saturated heterocycles. The van der Waals surface area contributed by atoms with Gasteiger partial charge in [-0.25, -0.2) is 4.98 Å². The van der Waals surface area contributed by atoms with Gasteiger partial charge >= 0.3 is 0 Å². The molecule has 0 saturated carbocycles.